The fourth-order valence-corrected chi connectivity index (χ4v) is 2.12. The van der Waals surface area contributed by atoms with Crippen LogP contribution >= 0.6 is 11.6 Å². The van der Waals surface area contributed by atoms with E-state index in [1.807, 2.05) is 21.1 Å². The minimum absolute atomic E-state index is 0.0300. The van der Waals surface area contributed by atoms with Crippen LogP contribution in [0, 0.1) is 0 Å². The van der Waals surface area contributed by atoms with Crippen LogP contribution in [0.15, 0.2) is 12.1 Å². The van der Waals surface area contributed by atoms with Crippen LogP contribution in [0.4, 0.5) is 5.82 Å². The quantitative estimate of drug-likeness (QED) is 0.750. The van der Waals surface area contributed by atoms with E-state index in [1.165, 1.54) is 0 Å². The van der Waals surface area contributed by atoms with Gasteiger partial charge in [0.05, 0.1) is 0 Å². The maximum absolute atomic E-state index is 12.4. The molecule has 0 aliphatic carbocycles. The molecule has 0 aromatic carbocycles. The van der Waals surface area contributed by atoms with Crippen LogP contribution in [0.25, 0.3) is 0 Å². The summed E-state index contributed by atoms with van der Waals surface area (Å²) in [6.45, 7) is 4.55. The van der Waals surface area contributed by atoms with Crippen LogP contribution in [-0.4, -0.2) is 61.5 Å². The Balaban J connectivity index is 2.69. The molecule has 0 radical (unpaired) electrons. The first kappa shape index (κ1) is 17.7. The molecule has 21 heavy (non-hydrogen) atoms. The zero-order chi connectivity index (χ0) is 15.8. The Hall–Kier alpha value is -1.33. The molecular formula is C15H25ClN4O. The highest BCUT2D eigenvalue weighted by atomic mass is 35.5. The number of nitrogens with one attached hydrogen (secondary N) is 1. The molecule has 1 amide bonds. The predicted molar refractivity (Wildman–Crippen MR) is 88.2 cm³/mol. The van der Waals surface area contributed by atoms with Crippen LogP contribution in [0.2, 0.25) is 5.15 Å². The molecule has 0 bridgehead atoms. The highest BCUT2D eigenvalue weighted by molar-refractivity contribution is 6.29. The molecule has 0 saturated heterocycles. The molecule has 1 aromatic heterocycles. The maximum atomic E-state index is 12.4. The van der Waals surface area contributed by atoms with Crippen molar-refractivity contribution in [1.29, 1.82) is 0 Å². The molecule has 5 nitrogen and oxygen atoms in total. The Bertz CT molecular complexity index is 465. The van der Waals surface area contributed by atoms with E-state index in [9.17, 15) is 4.79 Å². The second-order valence-electron chi connectivity index (χ2n) is 5.37. The lowest BCUT2D eigenvalue weighted by atomic mass is 10.2. The molecule has 0 aliphatic rings. The molecule has 0 spiro atoms. The summed E-state index contributed by atoms with van der Waals surface area (Å²) < 4.78 is 0. The Morgan fingerprint density at radius 1 is 1.29 bits per heavy atom. The van der Waals surface area contributed by atoms with Crippen LogP contribution in [-0.2, 0) is 0 Å². The highest BCUT2D eigenvalue weighted by Gasteiger charge is 2.13. The van der Waals surface area contributed by atoms with Crippen LogP contribution in [0.3, 0.4) is 0 Å². The van der Waals surface area contributed by atoms with Gasteiger partial charge in [0.25, 0.3) is 5.91 Å². The van der Waals surface area contributed by atoms with Crippen molar-refractivity contribution >= 4 is 23.3 Å². The summed E-state index contributed by atoms with van der Waals surface area (Å²) in [7, 11) is 5.86. The maximum Gasteiger partial charge on any atom is 0.253 e. The van der Waals surface area contributed by atoms with Gasteiger partial charge in [0.15, 0.2) is 0 Å². The molecule has 118 valence electrons. The van der Waals surface area contributed by atoms with Crippen LogP contribution in [0.5, 0.6) is 0 Å². The highest BCUT2D eigenvalue weighted by Crippen LogP contribution is 2.16. The topological polar surface area (TPSA) is 48.5 Å². The summed E-state index contributed by atoms with van der Waals surface area (Å²) in [5.41, 5.74) is 0.570. The lowest BCUT2D eigenvalue weighted by Crippen LogP contribution is -2.29. The van der Waals surface area contributed by atoms with Gasteiger partial charge >= 0.3 is 0 Å². The molecule has 0 fully saturated rings. The predicted octanol–water partition coefficient (Wildman–Crippen LogP) is 2.58. The molecule has 0 saturated carbocycles. The van der Waals surface area contributed by atoms with Crippen LogP contribution < -0.4 is 5.32 Å². The number of carbonyl (C=O) groups is 1. The minimum Gasteiger partial charge on any atom is -0.370 e. The van der Waals surface area contributed by atoms with Gasteiger partial charge in [-0.2, -0.15) is 0 Å². The van der Waals surface area contributed by atoms with Crippen molar-refractivity contribution in [2.75, 3.05) is 46.1 Å². The molecule has 0 atom stereocenters. The van der Waals surface area contributed by atoms with Gasteiger partial charge in [0.1, 0.15) is 11.0 Å². The van der Waals surface area contributed by atoms with Crippen molar-refractivity contribution in [3.8, 4) is 0 Å². The number of hydrogen-bond donors (Lipinski definition) is 1. The Kier molecular flexibility index (Phi) is 7.47. The fourth-order valence-electron chi connectivity index (χ4n) is 1.91. The number of amides is 1. The zero-order valence-corrected chi connectivity index (χ0v) is 14.1. The molecule has 0 aliphatic heterocycles. The van der Waals surface area contributed by atoms with Crippen molar-refractivity contribution in [3.05, 3.63) is 22.8 Å². The molecule has 1 N–H and O–H groups in total. The lowest BCUT2D eigenvalue weighted by Gasteiger charge is -2.19. The number of rotatable bonds is 8. The standard InChI is InChI=1S/C15H25ClN4O/c1-5-7-17-14-11-12(10-13(16)18-14)15(21)20(4)9-6-8-19(2)3/h10-11H,5-9H2,1-4H3,(H,17,18). The molecule has 0 unspecified atom stereocenters. The summed E-state index contributed by atoms with van der Waals surface area (Å²) in [5, 5.41) is 3.49. The molecule has 1 heterocycles. The average Bonchev–Trinajstić information content (AvgIpc) is 2.43. The molecule has 1 aromatic rings. The Labute approximate surface area is 132 Å². The number of pyridine rings is 1. The van der Waals surface area contributed by atoms with Crippen molar-refractivity contribution in [1.82, 2.24) is 14.8 Å². The van der Waals surface area contributed by atoms with Crippen LogP contribution in [0.1, 0.15) is 30.1 Å². The lowest BCUT2D eigenvalue weighted by molar-refractivity contribution is 0.0790. The summed E-state index contributed by atoms with van der Waals surface area (Å²) in [4.78, 5) is 20.4. The fraction of sp³-hybridized carbons (Fsp3) is 0.600. The number of carbonyl (C=O) groups excluding carboxylic acids is 1. The first-order valence-corrected chi connectivity index (χ1v) is 7.63. The van der Waals surface area contributed by atoms with E-state index in [1.54, 1.807) is 17.0 Å². The number of anilines is 1. The third-order valence-corrected chi connectivity index (χ3v) is 3.24. The summed E-state index contributed by atoms with van der Waals surface area (Å²) in [6, 6.07) is 3.37. The van der Waals surface area contributed by atoms with E-state index < -0.39 is 0 Å². The second-order valence-corrected chi connectivity index (χ2v) is 5.76. The average molecular weight is 313 g/mol. The van der Waals surface area contributed by atoms with Gasteiger partial charge in [-0.3, -0.25) is 4.79 Å². The largest absolute Gasteiger partial charge is 0.370 e. The van der Waals surface area contributed by atoms with Crippen molar-refractivity contribution in [2.24, 2.45) is 0 Å². The smallest absolute Gasteiger partial charge is 0.253 e. The van der Waals surface area contributed by atoms with Gasteiger partial charge in [-0.25, -0.2) is 4.98 Å². The van der Waals surface area contributed by atoms with Gasteiger partial charge < -0.3 is 15.1 Å². The SMILES string of the molecule is CCCNc1cc(C(=O)N(C)CCCN(C)C)cc(Cl)n1. The minimum atomic E-state index is -0.0300. The number of halogens is 1. The van der Waals surface area contributed by atoms with Gasteiger partial charge in [0, 0.05) is 25.7 Å². The third kappa shape index (κ3) is 6.31. The monoisotopic (exact) mass is 312 g/mol. The van der Waals surface area contributed by atoms with Crippen molar-refractivity contribution in [3.63, 3.8) is 0 Å². The van der Waals surface area contributed by atoms with E-state index >= 15 is 0 Å². The number of aromatic nitrogens is 1. The van der Waals surface area contributed by atoms with Gasteiger partial charge in [-0.1, -0.05) is 18.5 Å². The van der Waals surface area contributed by atoms with E-state index in [-0.39, 0.29) is 5.91 Å². The van der Waals surface area contributed by atoms with Gasteiger partial charge in [-0.05, 0) is 45.6 Å². The summed E-state index contributed by atoms with van der Waals surface area (Å²) in [5.74, 6) is 0.618. The van der Waals surface area contributed by atoms with E-state index in [0.29, 0.717) is 23.1 Å². The molecular weight excluding hydrogens is 288 g/mol. The second kappa shape index (κ2) is 8.85. The zero-order valence-electron chi connectivity index (χ0n) is 13.3. The van der Waals surface area contributed by atoms with Crippen molar-refractivity contribution in [2.45, 2.75) is 19.8 Å². The van der Waals surface area contributed by atoms with Gasteiger partial charge in [0.2, 0.25) is 0 Å². The molecule has 1 rings (SSSR count). The summed E-state index contributed by atoms with van der Waals surface area (Å²) in [6.07, 6.45) is 1.93. The van der Waals surface area contributed by atoms with Crippen molar-refractivity contribution < 1.29 is 4.79 Å². The summed E-state index contributed by atoms with van der Waals surface area (Å²) >= 11 is 6.00. The molecule has 6 heteroatoms. The number of hydrogen-bond acceptors (Lipinski definition) is 4. The van der Waals surface area contributed by atoms with Gasteiger partial charge in [-0.15, -0.1) is 0 Å². The van der Waals surface area contributed by atoms with E-state index in [2.05, 4.69) is 22.1 Å². The third-order valence-electron chi connectivity index (χ3n) is 3.04. The number of nitrogens with zero attached hydrogens (tertiary/aromatic N) is 3. The first-order valence-electron chi connectivity index (χ1n) is 7.25. The Morgan fingerprint density at radius 2 is 2.00 bits per heavy atom. The normalized spacial score (nSPS) is 10.8. The van der Waals surface area contributed by atoms with E-state index in [4.69, 9.17) is 11.6 Å². The Morgan fingerprint density at radius 3 is 2.62 bits per heavy atom. The first-order chi connectivity index (χ1) is 9.93. The van der Waals surface area contributed by atoms with E-state index in [0.717, 1.165) is 25.9 Å².